The van der Waals surface area contributed by atoms with Crippen molar-refractivity contribution in [3.8, 4) is 0 Å². The molecule has 1 unspecified atom stereocenters. The third kappa shape index (κ3) is 54.1. The van der Waals surface area contributed by atoms with Gasteiger partial charge in [-0.05, 0) is 96.3 Å². The van der Waals surface area contributed by atoms with Crippen molar-refractivity contribution in [3.63, 3.8) is 0 Å². The summed E-state index contributed by atoms with van der Waals surface area (Å²) in [6.07, 6.45) is 80.0. The monoisotopic (exact) mass is 951 g/mol. The molecule has 386 valence electrons. The van der Waals surface area contributed by atoms with Crippen LogP contribution in [0.2, 0.25) is 0 Å². The Bertz CT molecular complexity index is 1560. The number of carbonyl (C=O) groups is 3. The summed E-state index contributed by atoms with van der Waals surface area (Å²) in [7, 11) is 0. The minimum atomic E-state index is -0.854. The topological polar surface area (TPSA) is 78.9 Å². The van der Waals surface area contributed by atoms with E-state index in [-0.39, 0.29) is 38.0 Å². The van der Waals surface area contributed by atoms with Gasteiger partial charge < -0.3 is 14.2 Å². The third-order valence-electron chi connectivity index (χ3n) is 10.9. The fourth-order valence-electron chi connectivity index (χ4n) is 6.85. The van der Waals surface area contributed by atoms with E-state index in [4.69, 9.17) is 14.2 Å². The molecule has 69 heavy (non-hydrogen) atoms. The summed E-state index contributed by atoms with van der Waals surface area (Å²) in [6, 6.07) is 0. The summed E-state index contributed by atoms with van der Waals surface area (Å²) in [4.78, 5) is 38.0. The van der Waals surface area contributed by atoms with Crippen LogP contribution in [0.25, 0.3) is 0 Å². The molecule has 0 saturated heterocycles. The second kappa shape index (κ2) is 55.9. The molecule has 0 aliphatic heterocycles. The summed E-state index contributed by atoms with van der Waals surface area (Å²) in [5.74, 6) is -1.12. The summed E-state index contributed by atoms with van der Waals surface area (Å²) in [5.41, 5.74) is 0. The molecule has 0 aliphatic rings. The van der Waals surface area contributed by atoms with Gasteiger partial charge in [-0.1, -0.05) is 244 Å². The number of carbonyl (C=O) groups excluding carboxylic acids is 3. The summed E-state index contributed by atoms with van der Waals surface area (Å²) >= 11 is 0. The zero-order chi connectivity index (χ0) is 50.0. The van der Waals surface area contributed by atoms with Gasteiger partial charge in [0.05, 0.1) is 0 Å². The van der Waals surface area contributed by atoms with Crippen molar-refractivity contribution in [2.24, 2.45) is 0 Å². The Kier molecular flexibility index (Phi) is 52.1. The van der Waals surface area contributed by atoms with Crippen LogP contribution in [0.5, 0.6) is 0 Å². The molecule has 0 bridgehead atoms. The largest absolute Gasteiger partial charge is 0.462 e. The average Bonchev–Trinajstić information content (AvgIpc) is 3.35. The van der Waals surface area contributed by atoms with Crippen LogP contribution in [0, 0.1) is 0 Å². The number of hydrogen-bond acceptors (Lipinski definition) is 6. The molecular formula is C63H98O6. The lowest BCUT2D eigenvalue weighted by molar-refractivity contribution is -0.166. The maximum absolute atomic E-state index is 12.8. The van der Waals surface area contributed by atoms with Crippen LogP contribution in [0.4, 0.5) is 0 Å². The molecule has 6 heteroatoms. The Hall–Kier alpha value is -4.71. The van der Waals surface area contributed by atoms with Crippen LogP contribution in [0.3, 0.4) is 0 Å². The lowest BCUT2D eigenvalue weighted by Crippen LogP contribution is -2.30. The lowest BCUT2D eigenvalue weighted by Gasteiger charge is -2.18. The molecule has 0 spiro atoms. The summed E-state index contributed by atoms with van der Waals surface area (Å²) in [5, 5.41) is 0. The Labute approximate surface area is 423 Å². The molecule has 0 aromatic heterocycles. The van der Waals surface area contributed by atoms with Crippen molar-refractivity contribution in [2.45, 2.75) is 219 Å². The zero-order valence-corrected chi connectivity index (χ0v) is 44.0. The average molecular weight is 951 g/mol. The highest BCUT2D eigenvalue weighted by atomic mass is 16.6. The van der Waals surface area contributed by atoms with E-state index in [1.807, 2.05) is 24.3 Å². The van der Waals surface area contributed by atoms with E-state index in [9.17, 15) is 14.4 Å². The van der Waals surface area contributed by atoms with Crippen molar-refractivity contribution >= 4 is 17.9 Å². The van der Waals surface area contributed by atoms with Gasteiger partial charge in [0.1, 0.15) is 13.2 Å². The van der Waals surface area contributed by atoms with Gasteiger partial charge in [-0.3, -0.25) is 14.4 Å². The molecule has 0 fully saturated rings. The molecule has 0 aromatic rings. The molecule has 0 saturated carbocycles. The quantitative estimate of drug-likeness (QED) is 0.0262. The van der Waals surface area contributed by atoms with Gasteiger partial charge in [0.15, 0.2) is 6.10 Å². The van der Waals surface area contributed by atoms with Gasteiger partial charge in [-0.25, -0.2) is 0 Å². The van der Waals surface area contributed by atoms with E-state index in [1.165, 1.54) is 64.2 Å². The van der Waals surface area contributed by atoms with Gasteiger partial charge in [-0.15, -0.1) is 0 Å². The summed E-state index contributed by atoms with van der Waals surface area (Å²) in [6.45, 7) is 6.27. The van der Waals surface area contributed by atoms with Crippen molar-refractivity contribution in [1.29, 1.82) is 0 Å². The highest BCUT2D eigenvalue weighted by Crippen LogP contribution is 2.14. The van der Waals surface area contributed by atoms with Gasteiger partial charge >= 0.3 is 17.9 Å². The molecule has 0 N–H and O–H groups in total. The first-order valence-corrected chi connectivity index (χ1v) is 27.3. The minimum Gasteiger partial charge on any atom is -0.462 e. The second-order valence-electron chi connectivity index (χ2n) is 17.4. The molecule has 0 aromatic carbocycles. The highest BCUT2D eigenvalue weighted by molar-refractivity contribution is 5.71. The molecule has 0 radical (unpaired) electrons. The lowest BCUT2D eigenvalue weighted by atomic mass is 10.0. The number of esters is 3. The first kappa shape index (κ1) is 64.3. The zero-order valence-electron chi connectivity index (χ0n) is 44.0. The molecule has 0 heterocycles. The standard InChI is InChI=1S/C63H98O6/c1-4-7-10-13-16-19-22-25-27-29-31-33-35-38-41-44-47-50-53-56-62(65)68-59-60(58-67-61(64)55-52-49-46-43-40-37-24-21-18-15-12-9-6-3)69-63(66)57-54-51-48-45-42-39-36-34-32-30-28-26-23-20-17-14-11-8-5-2/h7-8,10-11,16-17,19-20,25-28,31-34,38-39,41-42,47-48,50-51,60H,4-6,9,12-15,18,21-24,29-30,35-37,40,43-46,49,52-59H2,1-3H3. The maximum atomic E-state index is 12.8. The predicted molar refractivity (Wildman–Crippen MR) is 297 cm³/mol. The third-order valence-corrected chi connectivity index (χ3v) is 10.9. The Morgan fingerprint density at radius 2 is 0.565 bits per heavy atom. The van der Waals surface area contributed by atoms with E-state index in [0.717, 1.165) is 96.3 Å². The van der Waals surface area contributed by atoms with Crippen LogP contribution < -0.4 is 0 Å². The predicted octanol–water partition coefficient (Wildman–Crippen LogP) is 18.4. The Balaban J connectivity index is 4.64. The van der Waals surface area contributed by atoms with Crippen molar-refractivity contribution < 1.29 is 28.6 Å². The van der Waals surface area contributed by atoms with Gasteiger partial charge in [0.25, 0.3) is 0 Å². The van der Waals surface area contributed by atoms with Crippen LogP contribution in [0.15, 0.2) is 146 Å². The molecular weight excluding hydrogens is 853 g/mol. The van der Waals surface area contributed by atoms with Crippen molar-refractivity contribution in [1.82, 2.24) is 0 Å². The van der Waals surface area contributed by atoms with Crippen LogP contribution in [-0.2, 0) is 28.6 Å². The molecule has 6 nitrogen and oxygen atoms in total. The fraction of sp³-hybridized carbons (Fsp3) is 0.571. The second-order valence-corrected chi connectivity index (χ2v) is 17.4. The minimum absolute atomic E-state index is 0.136. The van der Waals surface area contributed by atoms with Gasteiger partial charge in [0.2, 0.25) is 0 Å². The highest BCUT2D eigenvalue weighted by Gasteiger charge is 2.19. The van der Waals surface area contributed by atoms with Crippen LogP contribution in [0.1, 0.15) is 213 Å². The van der Waals surface area contributed by atoms with E-state index < -0.39 is 12.1 Å². The fourth-order valence-corrected chi connectivity index (χ4v) is 6.85. The number of rotatable bonds is 47. The normalized spacial score (nSPS) is 13.3. The first-order valence-electron chi connectivity index (χ1n) is 27.3. The smallest absolute Gasteiger partial charge is 0.306 e. The van der Waals surface area contributed by atoms with Gasteiger partial charge in [-0.2, -0.15) is 0 Å². The Morgan fingerprint density at radius 3 is 0.884 bits per heavy atom. The molecule has 1 atom stereocenters. The van der Waals surface area contributed by atoms with Crippen molar-refractivity contribution in [2.75, 3.05) is 13.2 Å². The number of unbranched alkanes of at least 4 members (excludes halogenated alkanes) is 12. The van der Waals surface area contributed by atoms with Crippen LogP contribution >= 0.6 is 0 Å². The van der Waals surface area contributed by atoms with E-state index in [2.05, 4.69) is 142 Å². The number of ether oxygens (including phenoxy) is 3. The Morgan fingerprint density at radius 1 is 0.304 bits per heavy atom. The van der Waals surface area contributed by atoms with E-state index in [0.29, 0.717) is 19.3 Å². The summed E-state index contributed by atoms with van der Waals surface area (Å²) < 4.78 is 16.7. The van der Waals surface area contributed by atoms with E-state index in [1.54, 1.807) is 0 Å². The first-order chi connectivity index (χ1) is 34.0. The van der Waals surface area contributed by atoms with Crippen LogP contribution in [-0.4, -0.2) is 37.2 Å². The molecule has 0 amide bonds. The van der Waals surface area contributed by atoms with E-state index >= 15 is 0 Å². The molecule has 0 rings (SSSR count). The van der Waals surface area contributed by atoms with Crippen molar-refractivity contribution in [3.05, 3.63) is 146 Å². The molecule has 0 aliphatic carbocycles. The SMILES string of the molecule is CCC=CCC=CCC=CCC=CCC=CCC=CCCC(=O)OCC(COC(=O)CCCCCCCCCCCCCCC)OC(=O)CCC=CCC=CCC=CCC=CCC=CCC=CCC. The number of hydrogen-bond donors (Lipinski definition) is 0. The number of allylic oxidation sites excluding steroid dienone is 24. The maximum Gasteiger partial charge on any atom is 0.306 e. The van der Waals surface area contributed by atoms with Gasteiger partial charge in [0, 0.05) is 19.3 Å².